The number of benzene rings is 1. The van der Waals surface area contributed by atoms with Gasteiger partial charge in [0, 0.05) is 18.0 Å². The average Bonchev–Trinajstić information content (AvgIpc) is 3.23. The molecule has 0 fully saturated rings. The van der Waals surface area contributed by atoms with Crippen molar-refractivity contribution < 1.29 is 18.0 Å². The summed E-state index contributed by atoms with van der Waals surface area (Å²) in [6.45, 7) is -0.877. The predicted molar refractivity (Wildman–Crippen MR) is 93.4 cm³/mol. The molecule has 1 aromatic carbocycles. The number of ether oxygens (including phenoxy) is 1. The molecule has 0 amide bonds. The molecule has 2 N–H and O–H groups in total. The second-order valence-electron chi connectivity index (χ2n) is 5.47. The van der Waals surface area contributed by atoms with Gasteiger partial charge in [-0.25, -0.2) is 0 Å². The van der Waals surface area contributed by atoms with E-state index in [-0.39, 0.29) is 24.2 Å². The Labute approximate surface area is 154 Å². The molecule has 0 aliphatic rings. The Balaban J connectivity index is 0.00000243. The Morgan fingerprint density at radius 2 is 2.15 bits per heavy atom. The van der Waals surface area contributed by atoms with Crippen molar-refractivity contribution in [2.45, 2.75) is 26.0 Å². The van der Waals surface area contributed by atoms with Gasteiger partial charge in [0.25, 0.3) is 5.89 Å². The van der Waals surface area contributed by atoms with Gasteiger partial charge in [0.2, 0.25) is 0 Å². The maximum absolute atomic E-state index is 12.4. The minimum absolute atomic E-state index is 0. The number of hydrogen-bond donors (Lipinski definition) is 2. The standard InChI is InChI=1S/C16H17F2N5O2.ClH/c1-9(19-2)6-13-21-15(25-23-13)12-8-20-22-14(12)10-4-3-5-11(7-10)24-16(17)18;/h3-5,7-9,16,19H,6H2,1-2H3,(H,20,22);1H. The van der Waals surface area contributed by atoms with Crippen LogP contribution in [0.3, 0.4) is 0 Å². The Hall–Kier alpha value is -2.52. The zero-order valence-corrected chi connectivity index (χ0v) is 14.9. The molecule has 10 heteroatoms. The number of nitrogens with zero attached hydrogens (tertiary/aromatic N) is 3. The van der Waals surface area contributed by atoms with Crippen LogP contribution in [0.2, 0.25) is 0 Å². The highest BCUT2D eigenvalue weighted by molar-refractivity contribution is 5.85. The van der Waals surface area contributed by atoms with Crippen molar-refractivity contribution >= 4 is 12.4 Å². The van der Waals surface area contributed by atoms with Gasteiger partial charge in [0.05, 0.1) is 17.5 Å². The van der Waals surface area contributed by atoms with Crippen LogP contribution in [0, 0.1) is 0 Å². The first-order valence-electron chi connectivity index (χ1n) is 7.65. The summed E-state index contributed by atoms with van der Waals surface area (Å²) in [5, 5.41) is 13.9. The molecule has 1 atom stereocenters. The molecule has 140 valence electrons. The number of aromatic amines is 1. The first-order chi connectivity index (χ1) is 12.1. The van der Waals surface area contributed by atoms with E-state index >= 15 is 0 Å². The van der Waals surface area contributed by atoms with Crippen LogP contribution in [0.4, 0.5) is 8.78 Å². The summed E-state index contributed by atoms with van der Waals surface area (Å²) < 4.78 is 34.5. The van der Waals surface area contributed by atoms with E-state index in [2.05, 4.69) is 30.4 Å². The molecule has 3 rings (SSSR count). The van der Waals surface area contributed by atoms with Crippen molar-refractivity contribution in [1.29, 1.82) is 0 Å². The van der Waals surface area contributed by atoms with Gasteiger partial charge in [0.15, 0.2) is 5.82 Å². The fraction of sp³-hybridized carbons (Fsp3) is 0.312. The Morgan fingerprint density at radius 1 is 1.35 bits per heavy atom. The van der Waals surface area contributed by atoms with Crippen molar-refractivity contribution in [3.63, 3.8) is 0 Å². The van der Waals surface area contributed by atoms with E-state index in [1.165, 1.54) is 12.1 Å². The normalized spacial score (nSPS) is 12.0. The second-order valence-corrected chi connectivity index (χ2v) is 5.47. The zero-order valence-electron chi connectivity index (χ0n) is 14.1. The molecular weight excluding hydrogens is 368 g/mol. The van der Waals surface area contributed by atoms with Gasteiger partial charge in [-0.15, -0.1) is 12.4 Å². The third-order valence-corrected chi connectivity index (χ3v) is 3.67. The van der Waals surface area contributed by atoms with Crippen LogP contribution in [0.5, 0.6) is 5.75 Å². The molecule has 3 aromatic rings. The summed E-state index contributed by atoms with van der Waals surface area (Å²) in [4.78, 5) is 4.37. The molecule has 0 spiro atoms. The number of hydrogen-bond acceptors (Lipinski definition) is 6. The minimum Gasteiger partial charge on any atom is -0.435 e. The third-order valence-electron chi connectivity index (χ3n) is 3.67. The van der Waals surface area contributed by atoms with Gasteiger partial charge >= 0.3 is 6.61 Å². The quantitative estimate of drug-likeness (QED) is 0.648. The van der Waals surface area contributed by atoms with Gasteiger partial charge in [0.1, 0.15) is 5.75 Å². The van der Waals surface area contributed by atoms with Gasteiger partial charge in [-0.3, -0.25) is 5.10 Å². The van der Waals surface area contributed by atoms with Crippen LogP contribution < -0.4 is 10.1 Å². The maximum Gasteiger partial charge on any atom is 0.387 e. The first-order valence-corrected chi connectivity index (χ1v) is 7.65. The van der Waals surface area contributed by atoms with E-state index in [1.807, 2.05) is 14.0 Å². The smallest absolute Gasteiger partial charge is 0.387 e. The van der Waals surface area contributed by atoms with Crippen LogP contribution in [0.15, 0.2) is 35.0 Å². The molecule has 7 nitrogen and oxygen atoms in total. The van der Waals surface area contributed by atoms with Crippen LogP contribution >= 0.6 is 12.4 Å². The summed E-state index contributed by atoms with van der Waals surface area (Å²) >= 11 is 0. The SMILES string of the molecule is CNC(C)Cc1noc(-c2cn[nH]c2-c2cccc(OC(F)F)c2)n1.Cl. The van der Waals surface area contributed by atoms with Crippen LogP contribution in [-0.2, 0) is 6.42 Å². The molecule has 0 radical (unpaired) electrons. The van der Waals surface area contributed by atoms with Gasteiger partial charge in [-0.2, -0.15) is 18.9 Å². The molecule has 26 heavy (non-hydrogen) atoms. The van der Waals surface area contributed by atoms with Gasteiger partial charge in [-0.1, -0.05) is 17.3 Å². The highest BCUT2D eigenvalue weighted by Gasteiger charge is 2.18. The fourth-order valence-corrected chi connectivity index (χ4v) is 2.32. The lowest BCUT2D eigenvalue weighted by Crippen LogP contribution is -2.24. The lowest BCUT2D eigenvalue weighted by atomic mass is 10.1. The van der Waals surface area contributed by atoms with Crippen molar-refractivity contribution in [3.8, 4) is 28.5 Å². The third kappa shape index (κ3) is 4.55. The summed E-state index contributed by atoms with van der Waals surface area (Å²) in [5.74, 6) is 0.933. The summed E-state index contributed by atoms with van der Waals surface area (Å²) in [7, 11) is 1.86. The van der Waals surface area contributed by atoms with Crippen molar-refractivity contribution in [2.24, 2.45) is 0 Å². The van der Waals surface area contributed by atoms with Crippen molar-refractivity contribution in [2.75, 3.05) is 7.05 Å². The minimum atomic E-state index is -2.89. The number of H-pyrrole nitrogens is 1. The number of nitrogens with one attached hydrogen (secondary N) is 2. The lowest BCUT2D eigenvalue weighted by Gasteiger charge is -2.06. The van der Waals surface area contributed by atoms with Crippen molar-refractivity contribution in [3.05, 3.63) is 36.3 Å². The van der Waals surface area contributed by atoms with Crippen LogP contribution in [0.25, 0.3) is 22.7 Å². The molecule has 1 unspecified atom stereocenters. The maximum atomic E-state index is 12.4. The Kier molecular flexibility index (Phi) is 6.64. The van der Waals surface area contributed by atoms with Crippen molar-refractivity contribution in [1.82, 2.24) is 25.7 Å². The second kappa shape index (κ2) is 8.72. The summed E-state index contributed by atoms with van der Waals surface area (Å²) in [6, 6.07) is 6.51. The molecule has 2 aromatic heterocycles. The Morgan fingerprint density at radius 3 is 2.88 bits per heavy atom. The summed E-state index contributed by atoms with van der Waals surface area (Å²) in [6.07, 6.45) is 2.17. The van der Waals surface area contributed by atoms with E-state index in [1.54, 1.807) is 18.3 Å². The zero-order chi connectivity index (χ0) is 17.8. The molecule has 2 heterocycles. The van der Waals surface area contributed by atoms with E-state index in [4.69, 9.17) is 4.52 Å². The molecule has 0 aliphatic carbocycles. The predicted octanol–water partition coefficient (Wildman–Crippen LogP) is 3.30. The highest BCUT2D eigenvalue weighted by Crippen LogP contribution is 2.31. The molecule has 0 saturated carbocycles. The number of alkyl halides is 2. The molecular formula is C16H18ClF2N5O2. The van der Waals surface area contributed by atoms with E-state index in [9.17, 15) is 8.78 Å². The lowest BCUT2D eigenvalue weighted by molar-refractivity contribution is -0.0498. The van der Waals surface area contributed by atoms with Gasteiger partial charge in [-0.05, 0) is 26.1 Å². The van der Waals surface area contributed by atoms with Gasteiger partial charge < -0.3 is 14.6 Å². The van der Waals surface area contributed by atoms with Crippen LogP contribution in [-0.4, -0.2) is 40.0 Å². The molecule has 0 aliphatic heterocycles. The number of halogens is 3. The average molecular weight is 386 g/mol. The summed E-state index contributed by atoms with van der Waals surface area (Å²) in [5.41, 5.74) is 1.79. The van der Waals surface area contributed by atoms with E-state index in [0.29, 0.717) is 35.0 Å². The topological polar surface area (TPSA) is 88.9 Å². The van der Waals surface area contributed by atoms with E-state index in [0.717, 1.165) is 0 Å². The fourth-order valence-electron chi connectivity index (χ4n) is 2.32. The van der Waals surface area contributed by atoms with Crippen LogP contribution in [0.1, 0.15) is 12.7 Å². The number of aromatic nitrogens is 4. The number of likely N-dealkylation sites (N-methyl/N-ethyl adjacent to an activating group) is 1. The largest absolute Gasteiger partial charge is 0.435 e. The molecule has 0 bridgehead atoms. The number of rotatable bonds is 7. The molecule has 0 saturated heterocycles. The highest BCUT2D eigenvalue weighted by atomic mass is 35.5. The Bertz CT molecular complexity index is 839. The first kappa shape index (κ1) is 19.8. The van der Waals surface area contributed by atoms with E-state index < -0.39 is 6.61 Å². The monoisotopic (exact) mass is 385 g/mol.